The van der Waals surface area contributed by atoms with Crippen LogP contribution in [0, 0.1) is 6.92 Å². The van der Waals surface area contributed by atoms with Gasteiger partial charge in [-0.15, -0.1) is 0 Å². The van der Waals surface area contributed by atoms with Crippen molar-refractivity contribution < 1.29 is 14.3 Å². The second-order valence-electron chi connectivity index (χ2n) is 4.86. The van der Waals surface area contributed by atoms with E-state index in [0.717, 1.165) is 11.3 Å². The molecular weight excluding hydrogens is 280 g/mol. The molecule has 0 radical (unpaired) electrons. The molecule has 0 aliphatic heterocycles. The van der Waals surface area contributed by atoms with E-state index in [1.54, 1.807) is 19.4 Å². The van der Waals surface area contributed by atoms with Crippen molar-refractivity contribution in [2.75, 3.05) is 20.3 Å². The predicted octanol–water partition coefficient (Wildman–Crippen LogP) is 2.14. The van der Waals surface area contributed by atoms with Crippen LogP contribution in [0.3, 0.4) is 0 Å². The highest BCUT2D eigenvalue weighted by Crippen LogP contribution is 2.27. The quantitative estimate of drug-likeness (QED) is 0.851. The van der Waals surface area contributed by atoms with Crippen LogP contribution in [-0.4, -0.2) is 31.2 Å². The van der Waals surface area contributed by atoms with Gasteiger partial charge in [0.1, 0.15) is 0 Å². The van der Waals surface area contributed by atoms with Gasteiger partial charge in [-0.3, -0.25) is 9.78 Å². The molecule has 1 heterocycles. The summed E-state index contributed by atoms with van der Waals surface area (Å²) in [4.78, 5) is 16.0. The summed E-state index contributed by atoms with van der Waals surface area (Å²) in [5.74, 6) is 1.02. The zero-order valence-corrected chi connectivity index (χ0v) is 12.8. The summed E-state index contributed by atoms with van der Waals surface area (Å²) in [6, 6.07) is 11.3. The zero-order chi connectivity index (χ0) is 15.8. The number of methoxy groups -OCH3 is 1. The smallest absolute Gasteiger partial charge is 0.257 e. The minimum absolute atomic E-state index is 0.0400. The molecule has 5 heteroatoms. The minimum atomic E-state index is -0.168. The van der Waals surface area contributed by atoms with Gasteiger partial charge in [-0.1, -0.05) is 12.1 Å². The third kappa shape index (κ3) is 4.77. The molecule has 0 aliphatic rings. The Hall–Kier alpha value is -2.56. The summed E-state index contributed by atoms with van der Waals surface area (Å²) < 4.78 is 10.7. The first-order valence-corrected chi connectivity index (χ1v) is 7.13. The number of ether oxygens (including phenoxy) is 2. The average molecular weight is 300 g/mol. The lowest BCUT2D eigenvalue weighted by Crippen LogP contribution is -2.30. The lowest BCUT2D eigenvalue weighted by atomic mass is 10.2. The van der Waals surface area contributed by atoms with E-state index in [-0.39, 0.29) is 12.5 Å². The van der Waals surface area contributed by atoms with Gasteiger partial charge in [0.25, 0.3) is 5.91 Å². The molecule has 2 aromatic rings. The lowest BCUT2D eigenvalue weighted by molar-refractivity contribution is -0.123. The maximum atomic E-state index is 11.8. The van der Waals surface area contributed by atoms with Crippen molar-refractivity contribution in [2.45, 2.75) is 13.3 Å². The maximum Gasteiger partial charge on any atom is 0.257 e. The molecule has 0 atom stereocenters. The van der Waals surface area contributed by atoms with Crippen molar-refractivity contribution in [3.8, 4) is 11.5 Å². The molecule has 22 heavy (non-hydrogen) atoms. The minimum Gasteiger partial charge on any atom is -0.493 e. The van der Waals surface area contributed by atoms with Crippen LogP contribution in [0.25, 0.3) is 0 Å². The average Bonchev–Trinajstić information content (AvgIpc) is 2.54. The number of amides is 1. The normalized spacial score (nSPS) is 10.1. The Morgan fingerprint density at radius 2 is 2.09 bits per heavy atom. The van der Waals surface area contributed by atoms with Crippen molar-refractivity contribution in [3.05, 3.63) is 53.9 Å². The molecule has 1 amide bonds. The summed E-state index contributed by atoms with van der Waals surface area (Å²) in [5.41, 5.74) is 2.02. The first kappa shape index (κ1) is 15.8. The Kier molecular flexibility index (Phi) is 5.77. The standard InChI is InChI=1S/C17H20N2O3/c1-13-6-7-15(16(11-13)21-2)22-12-17(20)19-10-8-14-5-3-4-9-18-14/h3-7,9,11H,8,10,12H2,1-2H3,(H,19,20). The van der Waals surface area contributed by atoms with E-state index < -0.39 is 0 Å². The lowest BCUT2D eigenvalue weighted by Gasteiger charge is -2.11. The molecule has 0 saturated carbocycles. The number of aromatic nitrogens is 1. The number of carbonyl (C=O) groups is 1. The van der Waals surface area contributed by atoms with Gasteiger partial charge in [-0.25, -0.2) is 0 Å². The highest BCUT2D eigenvalue weighted by molar-refractivity contribution is 5.77. The zero-order valence-electron chi connectivity index (χ0n) is 12.8. The van der Waals surface area contributed by atoms with Crippen LogP contribution in [0.15, 0.2) is 42.6 Å². The first-order chi connectivity index (χ1) is 10.7. The number of aryl methyl sites for hydroxylation is 1. The largest absolute Gasteiger partial charge is 0.493 e. The Labute approximate surface area is 130 Å². The van der Waals surface area contributed by atoms with E-state index in [1.807, 2.05) is 37.3 Å². The van der Waals surface area contributed by atoms with E-state index in [1.165, 1.54) is 0 Å². The number of benzene rings is 1. The summed E-state index contributed by atoms with van der Waals surface area (Å²) in [6.07, 6.45) is 2.43. The molecule has 0 aliphatic carbocycles. The number of pyridine rings is 1. The second kappa shape index (κ2) is 8.02. The summed E-state index contributed by atoms with van der Waals surface area (Å²) in [7, 11) is 1.58. The SMILES string of the molecule is COc1cc(C)ccc1OCC(=O)NCCc1ccccn1. The molecule has 1 N–H and O–H groups in total. The molecule has 2 rings (SSSR count). The Morgan fingerprint density at radius 3 is 2.82 bits per heavy atom. The number of carbonyl (C=O) groups excluding carboxylic acids is 1. The molecular formula is C17H20N2O3. The van der Waals surface area contributed by atoms with Gasteiger partial charge in [-0.2, -0.15) is 0 Å². The van der Waals surface area contributed by atoms with Gasteiger partial charge in [0.05, 0.1) is 7.11 Å². The summed E-state index contributed by atoms with van der Waals surface area (Å²) in [5, 5.41) is 2.81. The molecule has 1 aromatic carbocycles. The monoisotopic (exact) mass is 300 g/mol. The fourth-order valence-corrected chi connectivity index (χ4v) is 1.96. The highest BCUT2D eigenvalue weighted by atomic mass is 16.5. The van der Waals surface area contributed by atoms with Gasteiger partial charge in [-0.05, 0) is 36.8 Å². The Bertz CT molecular complexity index is 615. The third-order valence-corrected chi connectivity index (χ3v) is 3.11. The molecule has 0 bridgehead atoms. The van der Waals surface area contributed by atoms with E-state index in [0.29, 0.717) is 24.5 Å². The number of nitrogens with zero attached hydrogens (tertiary/aromatic N) is 1. The number of hydrogen-bond acceptors (Lipinski definition) is 4. The van der Waals surface area contributed by atoms with Crippen molar-refractivity contribution >= 4 is 5.91 Å². The van der Waals surface area contributed by atoms with Crippen molar-refractivity contribution in [2.24, 2.45) is 0 Å². The van der Waals surface area contributed by atoms with Gasteiger partial charge < -0.3 is 14.8 Å². The Balaban J connectivity index is 1.76. The molecule has 5 nitrogen and oxygen atoms in total. The van der Waals surface area contributed by atoms with Crippen LogP contribution in [0.1, 0.15) is 11.3 Å². The van der Waals surface area contributed by atoms with Gasteiger partial charge in [0, 0.05) is 24.9 Å². The van der Waals surface area contributed by atoms with Crippen molar-refractivity contribution in [3.63, 3.8) is 0 Å². The predicted molar refractivity (Wildman–Crippen MR) is 84.2 cm³/mol. The fraction of sp³-hybridized carbons (Fsp3) is 0.294. The van der Waals surface area contributed by atoms with Crippen LogP contribution in [-0.2, 0) is 11.2 Å². The van der Waals surface area contributed by atoms with E-state index >= 15 is 0 Å². The molecule has 116 valence electrons. The Morgan fingerprint density at radius 1 is 1.23 bits per heavy atom. The second-order valence-corrected chi connectivity index (χ2v) is 4.86. The fourth-order valence-electron chi connectivity index (χ4n) is 1.96. The topological polar surface area (TPSA) is 60.5 Å². The number of hydrogen-bond donors (Lipinski definition) is 1. The van der Waals surface area contributed by atoms with Gasteiger partial charge >= 0.3 is 0 Å². The third-order valence-electron chi connectivity index (χ3n) is 3.11. The van der Waals surface area contributed by atoms with Crippen LogP contribution in [0.4, 0.5) is 0 Å². The van der Waals surface area contributed by atoms with Crippen molar-refractivity contribution in [1.82, 2.24) is 10.3 Å². The highest BCUT2D eigenvalue weighted by Gasteiger charge is 2.07. The van der Waals surface area contributed by atoms with E-state index in [9.17, 15) is 4.79 Å². The molecule has 1 aromatic heterocycles. The van der Waals surface area contributed by atoms with Gasteiger partial charge in [0.15, 0.2) is 18.1 Å². The number of rotatable bonds is 7. The molecule has 0 unspecified atom stereocenters. The van der Waals surface area contributed by atoms with Gasteiger partial charge in [0.2, 0.25) is 0 Å². The summed E-state index contributed by atoms with van der Waals surface area (Å²) >= 11 is 0. The van der Waals surface area contributed by atoms with Crippen LogP contribution in [0.5, 0.6) is 11.5 Å². The maximum absolute atomic E-state index is 11.8. The van der Waals surface area contributed by atoms with E-state index in [4.69, 9.17) is 9.47 Å². The van der Waals surface area contributed by atoms with Crippen LogP contribution in [0.2, 0.25) is 0 Å². The van der Waals surface area contributed by atoms with E-state index in [2.05, 4.69) is 10.3 Å². The summed E-state index contributed by atoms with van der Waals surface area (Å²) in [6.45, 7) is 2.46. The van der Waals surface area contributed by atoms with Crippen LogP contribution < -0.4 is 14.8 Å². The molecule has 0 saturated heterocycles. The van der Waals surface area contributed by atoms with Crippen LogP contribution >= 0.6 is 0 Å². The molecule has 0 spiro atoms. The molecule has 0 fully saturated rings. The number of nitrogens with one attached hydrogen (secondary N) is 1. The van der Waals surface area contributed by atoms with Crippen molar-refractivity contribution in [1.29, 1.82) is 0 Å². The first-order valence-electron chi connectivity index (χ1n) is 7.13.